The fourth-order valence-corrected chi connectivity index (χ4v) is 5.16. The van der Waals surface area contributed by atoms with Gasteiger partial charge >= 0.3 is 0 Å². The second-order valence-electron chi connectivity index (χ2n) is 9.37. The first-order valence-electron chi connectivity index (χ1n) is 11.9. The van der Waals surface area contributed by atoms with Gasteiger partial charge in [0.15, 0.2) is 5.96 Å². The summed E-state index contributed by atoms with van der Waals surface area (Å²) in [6.07, 6.45) is 8.58. The normalized spacial score (nSPS) is 25.1. The zero-order valence-electron chi connectivity index (χ0n) is 19.4. The Balaban J connectivity index is 1.50. The van der Waals surface area contributed by atoms with E-state index < -0.39 is 0 Å². The van der Waals surface area contributed by atoms with Gasteiger partial charge in [0, 0.05) is 45.3 Å². The molecule has 3 heterocycles. The van der Waals surface area contributed by atoms with E-state index in [0.717, 1.165) is 38.4 Å². The van der Waals surface area contributed by atoms with Gasteiger partial charge in [-0.15, -0.1) is 0 Å². The molecule has 3 fully saturated rings. The molecule has 172 valence electrons. The Morgan fingerprint density at radius 3 is 2.30 bits per heavy atom. The van der Waals surface area contributed by atoms with Crippen LogP contribution in [0, 0.1) is 0 Å². The quantitative estimate of drug-likeness (QED) is 0.423. The van der Waals surface area contributed by atoms with Crippen molar-refractivity contribution in [3.8, 4) is 0 Å². The van der Waals surface area contributed by atoms with E-state index in [9.17, 15) is 4.79 Å². The number of carbonyl (C=O) groups is 1. The van der Waals surface area contributed by atoms with Gasteiger partial charge in [0.05, 0.1) is 6.54 Å². The average molecular weight is 422 g/mol. The van der Waals surface area contributed by atoms with Gasteiger partial charge in [-0.1, -0.05) is 6.42 Å². The van der Waals surface area contributed by atoms with Crippen LogP contribution >= 0.6 is 0 Å². The van der Waals surface area contributed by atoms with Crippen molar-refractivity contribution < 1.29 is 4.79 Å². The fourth-order valence-electron chi connectivity index (χ4n) is 5.16. The number of piperidine rings is 3. The second kappa shape index (κ2) is 11.3. The third-order valence-corrected chi connectivity index (χ3v) is 7.33. The molecule has 0 bridgehead atoms. The van der Waals surface area contributed by atoms with Crippen LogP contribution in [0.4, 0.5) is 0 Å². The lowest BCUT2D eigenvalue weighted by atomic mass is 9.84. The Kier molecular flexibility index (Phi) is 8.77. The molecule has 8 nitrogen and oxygen atoms in total. The number of carbonyl (C=O) groups excluding carboxylic acids is 1. The summed E-state index contributed by atoms with van der Waals surface area (Å²) in [7, 11) is 5.82. The summed E-state index contributed by atoms with van der Waals surface area (Å²) in [4.78, 5) is 23.6. The summed E-state index contributed by atoms with van der Waals surface area (Å²) in [5.74, 6) is 1.02. The number of amides is 1. The van der Waals surface area contributed by atoms with E-state index in [2.05, 4.69) is 42.7 Å². The summed E-state index contributed by atoms with van der Waals surface area (Å²) in [6.45, 7) is 8.20. The van der Waals surface area contributed by atoms with Gasteiger partial charge in [-0.05, 0) is 71.8 Å². The van der Waals surface area contributed by atoms with Crippen molar-refractivity contribution in [2.45, 2.75) is 56.5 Å². The zero-order valence-corrected chi connectivity index (χ0v) is 19.4. The number of likely N-dealkylation sites (N-methyl/N-ethyl adjacent to an activating group) is 1. The molecular formula is C22H43N7O. The first kappa shape index (κ1) is 23.3. The van der Waals surface area contributed by atoms with Gasteiger partial charge in [-0.3, -0.25) is 19.6 Å². The molecule has 8 heteroatoms. The van der Waals surface area contributed by atoms with E-state index in [1.165, 1.54) is 58.3 Å². The maximum Gasteiger partial charge on any atom is 0.233 e. The van der Waals surface area contributed by atoms with Gasteiger partial charge in [0.2, 0.25) is 5.91 Å². The van der Waals surface area contributed by atoms with Crippen LogP contribution in [-0.2, 0) is 4.79 Å². The minimum atomic E-state index is 0.0972. The number of hydrogen-bond donors (Lipinski definition) is 3. The van der Waals surface area contributed by atoms with Crippen LogP contribution in [0.2, 0.25) is 0 Å². The highest BCUT2D eigenvalue weighted by Gasteiger charge is 2.39. The van der Waals surface area contributed by atoms with Gasteiger partial charge in [0.25, 0.3) is 0 Å². The first-order chi connectivity index (χ1) is 14.5. The molecule has 0 aromatic heterocycles. The van der Waals surface area contributed by atoms with E-state index in [-0.39, 0.29) is 11.4 Å². The number of guanidine groups is 1. The highest BCUT2D eigenvalue weighted by atomic mass is 16.1. The average Bonchev–Trinajstić information content (AvgIpc) is 2.79. The van der Waals surface area contributed by atoms with Crippen LogP contribution < -0.4 is 16.0 Å². The van der Waals surface area contributed by atoms with Crippen molar-refractivity contribution in [2.75, 3.05) is 73.5 Å². The molecule has 1 amide bonds. The summed E-state index contributed by atoms with van der Waals surface area (Å²) >= 11 is 0. The summed E-state index contributed by atoms with van der Waals surface area (Å²) < 4.78 is 0. The Morgan fingerprint density at radius 1 is 1.03 bits per heavy atom. The largest absolute Gasteiger partial charge is 0.358 e. The zero-order chi connectivity index (χ0) is 21.4. The number of likely N-dealkylation sites (tertiary alicyclic amines) is 3. The molecule has 0 unspecified atom stereocenters. The number of aliphatic imine (C=N–C) groups is 1. The summed E-state index contributed by atoms with van der Waals surface area (Å²) in [5, 5.41) is 10.1. The molecule has 0 spiro atoms. The maximum absolute atomic E-state index is 11.6. The maximum atomic E-state index is 11.6. The molecule has 3 saturated heterocycles. The predicted octanol–water partition coefficient (Wildman–Crippen LogP) is 0.312. The number of nitrogens with zero attached hydrogens (tertiary/aromatic N) is 4. The molecule has 0 aromatic rings. The van der Waals surface area contributed by atoms with Crippen LogP contribution in [0.5, 0.6) is 0 Å². The fraction of sp³-hybridized carbons (Fsp3) is 0.909. The lowest BCUT2D eigenvalue weighted by molar-refractivity contribution is -0.122. The Hall–Kier alpha value is -1.38. The van der Waals surface area contributed by atoms with Crippen molar-refractivity contribution in [1.82, 2.24) is 30.7 Å². The van der Waals surface area contributed by atoms with Crippen LogP contribution in [0.25, 0.3) is 0 Å². The van der Waals surface area contributed by atoms with Gasteiger partial charge in [-0.25, -0.2) is 0 Å². The van der Waals surface area contributed by atoms with Crippen LogP contribution in [0.1, 0.15) is 44.9 Å². The highest BCUT2D eigenvalue weighted by molar-refractivity contribution is 5.80. The topological polar surface area (TPSA) is 75.2 Å². The van der Waals surface area contributed by atoms with Gasteiger partial charge in [0.1, 0.15) is 0 Å². The minimum absolute atomic E-state index is 0.0972. The minimum Gasteiger partial charge on any atom is -0.358 e. The van der Waals surface area contributed by atoms with Crippen molar-refractivity contribution in [3.05, 3.63) is 0 Å². The highest BCUT2D eigenvalue weighted by Crippen LogP contribution is 2.30. The standard InChI is InChI=1S/C22H43N7O/c1-23-20(30)17-28-13-7-19(8-14-28)26-21(24-2)25-18-22(9-15-27(3)16-10-22)29-11-5-4-6-12-29/h19H,4-18H2,1-3H3,(H,23,30)(H2,24,25,26). The molecule has 0 aromatic carbocycles. The Morgan fingerprint density at radius 2 is 1.70 bits per heavy atom. The second-order valence-corrected chi connectivity index (χ2v) is 9.37. The molecule has 3 aliphatic rings. The van der Waals surface area contributed by atoms with Crippen molar-refractivity contribution in [2.24, 2.45) is 4.99 Å². The van der Waals surface area contributed by atoms with E-state index in [1.54, 1.807) is 7.05 Å². The summed E-state index contributed by atoms with van der Waals surface area (Å²) in [6, 6.07) is 0.417. The number of hydrogen-bond acceptors (Lipinski definition) is 5. The van der Waals surface area contributed by atoms with E-state index >= 15 is 0 Å². The van der Waals surface area contributed by atoms with Crippen LogP contribution in [0.15, 0.2) is 4.99 Å². The molecule has 30 heavy (non-hydrogen) atoms. The third-order valence-electron chi connectivity index (χ3n) is 7.33. The summed E-state index contributed by atoms with van der Waals surface area (Å²) in [5.41, 5.74) is 0.251. The van der Waals surface area contributed by atoms with E-state index in [4.69, 9.17) is 0 Å². The molecule has 0 saturated carbocycles. The molecule has 3 N–H and O–H groups in total. The molecule has 3 aliphatic heterocycles. The van der Waals surface area contributed by atoms with Crippen LogP contribution in [-0.4, -0.2) is 112 Å². The molecule has 0 aliphatic carbocycles. The lowest BCUT2D eigenvalue weighted by Crippen LogP contribution is -2.62. The third kappa shape index (κ3) is 6.31. The van der Waals surface area contributed by atoms with Gasteiger partial charge in [-0.2, -0.15) is 0 Å². The number of rotatable bonds is 6. The smallest absolute Gasteiger partial charge is 0.233 e. The molecule has 0 atom stereocenters. The molecule has 0 radical (unpaired) electrons. The van der Waals surface area contributed by atoms with Crippen molar-refractivity contribution >= 4 is 11.9 Å². The first-order valence-corrected chi connectivity index (χ1v) is 11.9. The number of nitrogens with one attached hydrogen (secondary N) is 3. The van der Waals surface area contributed by atoms with E-state index in [0.29, 0.717) is 12.6 Å². The Labute approximate surface area is 182 Å². The van der Waals surface area contributed by atoms with Crippen molar-refractivity contribution in [1.29, 1.82) is 0 Å². The lowest BCUT2D eigenvalue weighted by Gasteiger charge is -2.50. The van der Waals surface area contributed by atoms with Gasteiger partial charge < -0.3 is 20.9 Å². The Bertz CT molecular complexity index is 560. The molecular weight excluding hydrogens is 378 g/mol. The molecule has 3 rings (SSSR count). The van der Waals surface area contributed by atoms with E-state index in [1.807, 2.05) is 7.05 Å². The van der Waals surface area contributed by atoms with Crippen LogP contribution in [0.3, 0.4) is 0 Å². The van der Waals surface area contributed by atoms with Crippen molar-refractivity contribution in [3.63, 3.8) is 0 Å². The SMILES string of the molecule is CN=C(NCC1(N2CCCCC2)CCN(C)CC1)NC1CCN(CC(=O)NC)CC1. The predicted molar refractivity (Wildman–Crippen MR) is 123 cm³/mol. The monoisotopic (exact) mass is 421 g/mol.